The third kappa shape index (κ3) is 6.41. The third-order valence-electron chi connectivity index (χ3n) is 4.19. The molecule has 2 aromatic carbocycles. The van der Waals surface area contributed by atoms with E-state index in [0.717, 1.165) is 31.5 Å². The van der Waals surface area contributed by atoms with Gasteiger partial charge in [-0.2, -0.15) is 0 Å². The molecule has 140 valence electrons. The Labute approximate surface area is 155 Å². The Hall–Kier alpha value is -2.53. The average Bonchev–Trinajstić information content (AvgIpc) is 2.65. The topological polar surface area (TPSA) is 70.6 Å². The van der Waals surface area contributed by atoms with Crippen molar-refractivity contribution in [1.29, 1.82) is 0 Å². The van der Waals surface area contributed by atoms with Gasteiger partial charge in [-0.05, 0) is 48.2 Å². The predicted octanol–water partition coefficient (Wildman–Crippen LogP) is 2.80. The minimum atomic E-state index is -0.0507. The van der Waals surface area contributed by atoms with Crippen LogP contribution in [0.25, 0.3) is 0 Å². The van der Waals surface area contributed by atoms with Gasteiger partial charge < -0.3 is 20.5 Å². The normalized spacial score (nSPS) is 10.5. The highest BCUT2D eigenvalue weighted by molar-refractivity contribution is 5.78. The van der Waals surface area contributed by atoms with Gasteiger partial charge >= 0.3 is 0 Å². The number of nitrogens with one attached hydrogen (secondary N) is 2. The number of carbonyl (C=O) groups is 1. The second-order valence-corrected chi connectivity index (χ2v) is 6.24. The summed E-state index contributed by atoms with van der Waals surface area (Å²) in [5.41, 5.74) is 3.39. The van der Waals surface area contributed by atoms with Crippen molar-refractivity contribution < 1.29 is 14.6 Å². The summed E-state index contributed by atoms with van der Waals surface area (Å²) in [6.07, 6.45) is 2.16. The summed E-state index contributed by atoms with van der Waals surface area (Å²) in [7, 11) is 1.50. The number of rotatable bonds is 10. The highest BCUT2D eigenvalue weighted by Gasteiger charge is 2.06. The molecule has 0 aliphatic heterocycles. The van der Waals surface area contributed by atoms with Crippen molar-refractivity contribution in [2.75, 3.05) is 20.2 Å². The molecule has 5 nitrogen and oxygen atoms in total. The van der Waals surface area contributed by atoms with Crippen molar-refractivity contribution in [2.45, 2.75) is 32.7 Å². The number of hydrogen-bond donors (Lipinski definition) is 3. The van der Waals surface area contributed by atoms with Crippen molar-refractivity contribution in [3.63, 3.8) is 0 Å². The second kappa shape index (κ2) is 10.5. The lowest BCUT2D eigenvalue weighted by atomic mass is 10.1. The average molecular weight is 356 g/mol. The molecule has 2 rings (SSSR count). The number of hydrogen-bond acceptors (Lipinski definition) is 4. The summed E-state index contributed by atoms with van der Waals surface area (Å²) in [4.78, 5) is 12.0. The van der Waals surface area contributed by atoms with Crippen molar-refractivity contribution in [3.8, 4) is 11.5 Å². The standard InChI is InChI=1S/C21H28N2O3/c1-3-16-6-4-7-18(12-16)15-22-10-5-11-23-21(25)14-17-8-9-20(26-2)19(24)13-17/h4,6-9,12-13,22,24H,3,5,10-11,14-15H2,1-2H3,(H,23,25). The molecule has 2 aromatic rings. The maximum absolute atomic E-state index is 12.0. The van der Waals surface area contributed by atoms with Crippen LogP contribution >= 0.6 is 0 Å². The van der Waals surface area contributed by atoms with Gasteiger partial charge in [-0.1, -0.05) is 37.3 Å². The molecular formula is C21H28N2O3. The van der Waals surface area contributed by atoms with Crippen LogP contribution in [0.4, 0.5) is 0 Å². The molecular weight excluding hydrogens is 328 g/mol. The first kappa shape index (κ1) is 19.8. The quantitative estimate of drug-likeness (QED) is 0.573. The Morgan fingerprint density at radius 1 is 1.08 bits per heavy atom. The van der Waals surface area contributed by atoms with Gasteiger partial charge in [0, 0.05) is 13.1 Å². The molecule has 5 heteroatoms. The van der Waals surface area contributed by atoms with Crippen LogP contribution in [0.1, 0.15) is 30.0 Å². The Bertz CT molecular complexity index is 716. The Morgan fingerprint density at radius 3 is 2.62 bits per heavy atom. The van der Waals surface area contributed by atoms with Gasteiger partial charge in [-0.15, -0.1) is 0 Å². The molecule has 0 radical (unpaired) electrons. The van der Waals surface area contributed by atoms with Crippen molar-refractivity contribution in [3.05, 3.63) is 59.2 Å². The molecule has 26 heavy (non-hydrogen) atoms. The van der Waals surface area contributed by atoms with Crippen molar-refractivity contribution in [2.24, 2.45) is 0 Å². The van der Waals surface area contributed by atoms with Gasteiger partial charge in [-0.3, -0.25) is 4.79 Å². The molecule has 0 aliphatic rings. The fraction of sp³-hybridized carbons (Fsp3) is 0.381. The maximum Gasteiger partial charge on any atom is 0.224 e. The highest BCUT2D eigenvalue weighted by atomic mass is 16.5. The van der Waals surface area contributed by atoms with E-state index in [4.69, 9.17) is 4.74 Å². The molecule has 0 heterocycles. The first-order chi connectivity index (χ1) is 12.6. The lowest BCUT2D eigenvalue weighted by Gasteiger charge is -2.09. The summed E-state index contributed by atoms with van der Waals surface area (Å²) in [5.74, 6) is 0.407. The first-order valence-electron chi connectivity index (χ1n) is 9.03. The lowest BCUT2D eigenvalue weighted by molar-refractivity contribution is -0.120. The van der Waals surface area contributed by atoms with E-state index in [1.54, 1.807) is 18.2 Å². The van der Waals surface area contributed by atoms with Gasteiger partial charge in [0.2, 0.25) is 5.91 Å². The zero-order chi connectivity index (χ0) is 18.8. The van der Waals surface area contributed by atoms with E-state index in [0.29, 0.717) is 12.3 Å². The van der Waals surface area contributed by atoms with E-state index < -0.39 is 0 Å². The molecule has 1 amide bonds. The molecule has 0 aromatic heterocycles. The van der Waals surface area contributed by atoms with Crippen LogP contribution < -0.4 is 15.4 Å². The number of carbonyl (C=O) groups excluding carboxylic acids is 1. The number of phenolic OH excluding ortho intramolecular Hbond substituents is 1. The number of benzene rings is 2. The summed E-state index contributed by atoms with van der Waals surface area (Å²) in [5, 5.41) is 16.0. The minimum absolute atomic E-state index is 0.0501. The molecule has 3 N–H and O–H groups in total. The molecule has 0 aliphatic carbocycles. The van der Waals surface area contributed by atoms with E-state index in [2.05, 4.69) is 41.8 Å². The van der Waals surface area contributed by atoms with E-state index >= 15 is 0 Å². The van der Waals surface area contributed by atoms with E-state index in [9.17, 15) is 9.90 Å². The zero-order valence-corrected chi connectivity index (χ0v) is 15.5. The number of methoxy groups -OCH3 is 1. The number of phenols is 1. The van der Waals surface area contributed by atoms with Crippen LogP contribution in [0.2, 0.25) is 0 Å². The summed E-state index contributed by atoms with van der Waals surface area (Å²) < 4.78 is 4.99. The predicted molar refractivity (Wildman–Crippen MR) is 104 cm³/mol. The lowest BCUT2D eigenvalue weighted by Crippen LogP contribution is -2.28. The molecule has 0 bridgehead atoms. The van der Waals surface area contributed by atoms with E-state index in [-0.39, 0.29) is 18.1 Å². The molecule has 0 saturated heterocycles. The smallest absolute Gasteiger partial charge is 0.224 e. The zero-order valence-electron chi connectivity index (χ0n) is 15.5. The SMILES string of the molecule is CCc1cccc(CNCCCNC(=O)Cc2ccc(OC)c(O)c2)c1. The first-order valence-corrected chi connectivity index (χ1v) is 9.03. The summed E-state index contributed by atoms with van der Waals surface area (Å²) in [6.45, 7) is 4.47. The molecule has 0 fully saturated rings. The summed E-state index contributed by atoms with van der Waals surface area (Å²) in [6, 6.07) is 13.6. The maximum atomic E-state index is 12.0. The highest BCUT2D eigenvalue weighted by Crippen LogP contribution is 2.26. The van der Waals surface area contributed by atoms with Crippen LogP contribution in [-0.2, 0) is 24.2 Å². The molecule has 0 unspecified atom stereocenters. The Morgan fingerprint density at radius 2 is 1.88 bits per heavy atom. The van der Waals surface area contributed by atoms with Crippen LogP contribution in [-0.4, -0.2) is 31.2 Å². The molecule has 0 atom stereocenters. The largest absolute Gasteiger partial charge is 0.504 e. The fourth-order valence-electron chi connectivity index (χ4n) is 2.73. The minimum Gasteiger partial charge on any atom is -0.504 e. The van der Waals surface area contributed by atoms with E-state index in [1.807, 2.05) is 0 Å². The van der Waals surface area contributed by atoms with E-state index in [1.165, 1.54) is 18.2 Å². The fourth-order valence-corrected chi connectivity index (χ4v) is 2.73. The third-order valence-corrected chi connectivity index (χ3v) is 4.19. The second-order valence-electron chi connectivity index (χ2n) is 6.24. The number of aromatic hydroxyl groups is 1. The van der Waals surface area contributed by atoms with Crippen LogP contribution in [0, 0.1) is 0 Å². The van der Waals surface area contributed by atoms with Gasteiger partial charge in [-0.25, -0.2) is 0 Å². The van der Waals surface area contributed by atoms with Crippen LogP contribution in [0.5, 0.6) is 11.5 Å². The van der Waals surface area contributed by atoms with Crippen LogP contribution in [0.3, 0.4) is 0 Å². The monoisotopic (exact) mass is 356 g/mol. The number of aryl methyl sites for hydroxylation is 1. The number of ether oxygens (including phenoxy) is 1. The Balaban J connectivity index is 1.62. The molecule has 0 spiro atoms. The van der Waals surface area contributed by atoms with Crippen LogP contribution in [0.15, 0.2) is 42.5 Å². The number of amides is 1. The van der Waals surface area contributed by atoms with Gasteiger partial charge in [0.25, 0.3) is 0 Å². The Kier molecular flexibility index (Phi) is 7.96. The van der Waals surface area contributed by atoms with Gasteiger partial charge in [0.05, 0.1) is 13.5 Å². The molecule has 0 saturated carbocycles. The van der Waals surface area contributed by atoms with Gasteiger partial charge in [0.15, 0.2) is 11.5 Å². The van der Waals surface area contributed by atoms with Gasteiger partial charge in [0.1, 0.15) is 0 Å². The summed E-state index contributed by atoms with van der Waals surface area (Å²) >= 11 is 0. The van der Waals surface area contributed by atoms with Crippen molar-refractivity contribution >= 4 is 5.91 Å². The van der Waals surface area contributed by atoms with Crippen molar-refractivity contribution in [1.82, 2.24) is 10.6 Å².